The Labute approximate surface area is 138 Å². The topological polar surface area (TPSA) is 201 Å². The summed E-state index contributed by atoms with van der Waals surface area (Å²) in [6.07, 6.45) is 0. The quantitative estimate of drug-likeness (QED) is 0.259. The van der Waals surface area contributed by atoms with Crippen LogP contribution >= 0.6 is 21.6 Å². The first kappa shape index (κ1) is 14.6. The van der Waals surface area contributed by atoms with Crippen LogP contribution in [0, 0.1) is 0 Å². The molecular formula is C10H8N10O2S2. The molecule has 0 spiro atoms. The first-order chi connectivity index (χ1) is 11.5. The lowest BCUT2D eigenvalue weighted by Gasteiger charge is -1.91. The van der Waals surface area contributed by atoms with Crippen LogP contribution in [0.4, 0.5) is 11.9 Å². The number of nitrogens with zero attached hydrogens (tertiary/aromatic N) is 4. The maximum atomic E-state index is 11.7. The second kappa shape index (κ2) is 5.27. The van der Waals surface area contributed by atoms with Crippen LogP contribution in [0.25, 0.3) is 22.3 Å². The predicted octanol–water partition coefficient (Wildman–Crippen LogP) is -0.430. The number of H-pyrrole nitrogens is 4. The van der Waals surface area contributed by atoms with Crippen LogP contribution in [0.1, 0.15) is 0 Å². The molecule has 122 valence electrons. The van der Waals surface area contributed by atoms with Crippen molar-refractivity contribution in [2.24, 2.45) is 0 Å². The minimum absolute atomic E-state index is 0.0108. The van der Waals surface area contributed by atoms with Crippen molar-refractivity contribution in [2.75, 3.05) is 11.5 Å². The van der Waals surface area contributed by atoms with Gasteiger partial charge in [-0.2, -0.15) is 9.97 Å². The van der Waals surface area contributed by atoms with Gasteiger partial charge in [-0.05, 0) is 21.6 Å². The van der Waals surface area contributed by atoms with Crippen LogP contribution in [0.15, 0.2) is 19.9 Å². The maximum absolute atomic E-state index is 11.7. The van der Waals surface area contributed by atoms with E-state index >= 15 is 0 Å². The highest BCUT2D eigenvalue weighted by Crippen LogP contribution is 2.34. The molecule has 4 aromatic heterocycles. The summed E-state index contributed by atoms with van der Waals surface area (Å²) in [5, 5.41) is 0.862. The molecule has 0 saturated heterocycles. The first-order valence-corrected chi connectivity index (χ1v) is 8.50. The number of aromatic amines is 4. The molecule has 12 nitrogen and oxygen atoms in total. The molecule has 4 aromatic rings. The molecule has 0 fully saturated rings. The van der Waals surface area contributed by atoms with E-state index in [0.717, 1.165) is 0 Å². The second-order valence-electron chi connectivity index (χ2n) is 4.55. The van der Waals surface area contributed by atoms with E-state index in [1.54, 1.807) is 0 Å². The lowest BCUT2D eigenvalue weighted by atomic mass is 10.5. The van der Waals surface area contributed by atoms with E-state index in [1.165, 1.54) is 21.6 Å². The SMILES string of the molecule is Nc1nc2nc(SSc3nc4nc(N)[nH]c(=O)c4[nH]3)[nH]c2c(=O)[nH]1. The number of nitrogens with two attached hydrogens (primary N) is 2. The van der Waals surface area contributed by atoms with Gasteiger partial charge in [-0.25, -0.2) is 9.97 Å². The van der Waals surface area contributed by atoms with Crippen molar-refractivity contribution in [1.82, 2.24) is 39.9 Å². The molecule has 14 heteroatoms. The minimum Gasteiger partial charge on any atom is -0.369 e. The molecule has 8 N–H and O–H groups in total. The minimum atomic E-state index is -0.406. The van der Waals surface area contributed by atoms with E-state index in [1.807, 2.05) is 0 Å². The Morgan fingerprint density at radius 1 is 0.667 bits per heavy atom. The standard InChI is InChI=1S/C10H8N10O2S2/c11-7-15-3-1(5(21)19-7)13-9(17-3)23-24-10-14-2-4(18-10)16-8(12)20-6(2)22/h(H4,11,13,15,17,19,21)(H4,12,14,16,18,20,22). The summed E-state index contributed by atoms with van der Waals surface area (Å²) in [6.45, 7) is 0. The largest absolute Gasteiger partial charge is 0.369 e. The van der Waals surface area contributed by atoms with Gasteiger partial charge in [0.05, 0.1) is 0 Å². The van der Waals surface area contributed by atoms with Gasteiger partial charge in [0, 0.05) is 0 Å². The number of nitrogen functional groups attached to an aromatic ring is 2. The van der Waals surface area contributed by atoms with Crippen LogP contribution in [-0.4, -0.2) is 39.9 Å². The highest BCUT2D eigenvalue weighted by molar-refractivity contribution is 8.76. The Morgan fingerprint density at radius 2 is 1.08 bits per heavy atom. The van der Waals surface area contributed by atoms with E-state index in [4.69, 9.17) is 11.5 Å². The molecule has 0 amide bonds. The van der Waals surface area contributed by atoms with E-state index in [9.17, 15) is 9.59 Å². The molecule has 4 heterocycles. The smallest absolute Gasteiger partial charge is 0.278 e. The van der Waals surface area contributed by atoms with Gasteiger partial charge in [-0.3, -0.25) is 19.6 Å². The zero-order valence-electron chi connectivity index (χ0n) is 11.6. The first-order valence-electron chi connectivity index (χ1n) is 6.35. The molecule has 0 atom stereocenters. The summed E-state index contributed by atoms with van der Waals surface area (Å²) in [4.78, 5) is 50.1. The second-order valence-corrected chi connectivity index (χ2v) is 6.66. The number of hydrogen-bond acceptors (Lipinski definition) is 10. The summed E-state index contributed by atoms with van der Waals surface area (Å²) in [5.41, 5.74) is 11.0. The Kier molecular flexibility index (Phi) is 3.20. The molecule has 0 aliphatic rings. The number of fused-ring (bicyclic) bond motifs is 2. The molecule has 0 unspecified atom stereocenters. The van der Waals surface area contributed by atoms with Crippen molar-refractivity contribution >= 4 is 55.8 Å². The summed E-state index contributed by atoms with van der Waals surface area (Å²) in [7, 11) is 2.38. The van der Waals surface area contributed by atoms with Crippen molar-refractivity contribution in [1.29, 1.82) is 0 Å². The molecule has 0 radical (unpaired) electrons. The predicted molar refractivity (Wildman–Crippen MR) is 89.6 cm³/mol. The van der Waals surface area contributed by atoms with Crippen molar-refractivity contribution in [3.8, 4) is 0 Å². The molecule has 0 aromatic carbocycles. The average Bonchev–Trinajstić information content (AvgIpc) is 3.08. The maximum Gasteiger partial charge on any atom is 0.278 e. The van der Waals surface area contributed by atoms with Gasteiger partial charge >= 0.3 is 0 Å². The van der Waals surface area contributed by atoms with Crippen LogP contribution in [-0.2, 0) is 0 Å². The highest BCUT2D eigenvalue weighted by Gasteiger charge is 2.13. The third-order valence-electron chi connectivity index (χ3n) is 2.92. The van der Waals surface area contributed by atoms with Crippen LogP contribution in [0.3, 0.4) is 0 Å². The van der Waals surface area contributed by atoms with Gasteiger partial charge in [-0.1, -0.05) is 0 Å². The summed E-state index contributed by atoms with van der Waals surface area (Å²) >= 11 is 0. The molecule has 24 heavy (non-hydrogen) atoms. The average molecular weight is 364 g/mol. The van der Waals surface area contributed by atoms with Gasteiger partial charge in [0.1, 0.15) is 0 Å². The lowest BCUT2D eigenvalue weighted by Crippen LogP contribution is -2.10. The van der Waals surface area contributed by atoms with Crippen LogP contribution in [0.5, 0.6) is 0 Å². The van der Waals surface area contributed by atoms with Crippen molar-refractivity contribution in [3.63, 3.8) is 0 Å². The highest BCUT2D eigenvalue weighted by atomic mass is 33.1. The zero-order chi connectivity index (χ0) is 16.8. The summed E-state index contributed by atoms with van der Waals surface area (Å²) in [6, 6.07) is 0. The Morgan fingerprint density at radius 3 is 1.50 bits per heavy atom. The number of imidazole rings is 2. The van der Waals surface area contributed by atoms with Crippen molar-refractivity contribution in [3.05, 3.63) is 20.7 Å². The van der Waals surface area contributed by atoms with E-state index in [-0.39, 0.29) is 34.2 Å². The number of aromatic nitrogens is 8. The fraction of sp³-hybridized carbons (Fsp3) is 0. The van der Waals surface area contributed by atoms with Gasteiger partial charge in [0.25, 0.3) is 11.1 Å². The molecule has 0 saturated carbocycles. The van der Waals surface area contributed by atoms with Gasteiger partial charge in [-0.15, -0.1) is 0 Å². The summed E-state index contributed by atoms with van der Waals surface area (Å²) < 4.78 is 0. The van der Waals surface area contributed by atoms with Gasteiger partial charge in [0.15, 0.2) is 32.6 Å². The lowest BCUT2D eigenvalue weighted by molar-refractivity contribution is 1.07. The number of hydrogen-bond donors (Lipinski definition) is 6. The van der Waals surface area contributed by atoms with Gasteiger partial charge < -0.3 is 21.4 Å². The van der Waals surface area contributed by atoms with Crippen LogP contribution in [0.2, 0.25) is 0 Å². The zero-order valence-corrected chi connectivity index (χ0v) is 13.2. The van der Waals surface area contributed by atoms with Crippen LogP contribution < -0.4 is 22.6 Å². The fourth-order valence-electron chi connectivity index (χ4n) is 1.96. The Balaban J connectivity index is 1.63. The normalized spacial score (nSPS) is 11.5. The van der Waals surface area contributed by atoms with Gasteiger partial charge in [0.2, 0.25) is 11.9 Å². The van der Waals surface area contributed by atoms with E-state index in [2.05, 4.69) is 39.9 Å². The van der Waals surface area contributed by atoms with E-state index < -0.39 is 11.1 Å². The monoisotopic (exact) mass is 364 g/mol. The van der Waals surface area contributed by atoms with Crippen molar-refractivity contribution in [2.45, 2.75) is 10.3 Å². The molecule has 0 aliphatic heterocycles. The van der Waals surface area contributed by atoms with E-state index in [0.29, 0.717) is 10.3 Å². The third kappa shape index (κ3) is 2.46. The molecule has 0 aliphatic carbocycles. The number of rotatable bonds is 3. The molecule has 4 rings (SSSR count). The third-order valence-corrected chi connectivity index (χ3v) is 4.90. The number of nitrogens with one attached hydrogen (secondary N) is 4. The number of anilines is 2. The Bertz CT molecular complexity index is 1090. The molecular weight excluding hydrogens is 356 g/mol. The Hall–Kier alpha value is -3.00. The fourth-order valence-corrected chi connectivity index (χ4v) is 3.60. The summed E-state index contributed by atoms with van der Waals surface area (Å²) in [5.74, 6) is -0.0215. The van der Waals surface area contributed by atoms with Crippen molar-refractivity contribution < 1.29 is 0 Å². The molecule has 0 bridgehead atoms.